The van der Waals surface area contributed by atoms with E-state index in [0.717, 1.165) is 28.6 Å². The van der Waals surface area contributed by atoms with Crippen LogP contribution in [0.4, 0.5) is 17.1 Å². The van der Waals surface area contributed by atoms with Gasteiger partial charge in [0.15, 0.2) is 0 Å². The van der Waals surface area contributed by atoms with Crippen molar-refractivity contribution in [2.75, 3.05) is 4.90 Å². The quantitative estimate of drug-likeness (QED) is 0.539. The monoisotopic (exact) mass is 337 g/mol. The van der Waals surface area contributed by atoms with E-state index in [2.05, 4.69) is 103 Å². The normalized spacial score (nSPS) is 10.5. The van der Waals surface area contributed by atoms with Gasteiger partial charge in [-0.05, 0) is 47.5 Å². The highest BCUT2D eigenvalue weighted by atomic mass is 32.1. The van der Waals surface area contributed by atoms with Gasteiger partial charge in [0.2, 0.25) is 0 Å². The van der Waals surface area contributed by atoms with E-state index in [4.69, 9.17) is 0 Å². The summed E-state index contributed by atoms with van der Waals surface area (Å²) in [5.41, 5.74) is 5.86. The number of benzene rings is 3. The zero-order chi connectivity index (χ0) is 16.1. The maximum atomic E-state index is 4.34. The predicted octanol–water partition coefficient (Wildman–Crippen LogP) is 6.02. The Kier molecular flexibility index (Phi) is 5.31. The van der Waals surface area contributed by atoms with Crippen molar-refractivity contribution in [1.29, 1.82) is 0 Å². The van der Waals surface area contributed by atoms with E-state index in [1.165, 1.54) is 11.1 Å². The molecule has 0 aromatic heterocycles. The standard InChI is InChI=1S/C20H19NS2/c22-14-16-6-10-19(11-7-16)21(18-4-2-1-3-5-18)20-12-8-17(15-23)9-13-20/h1-13,22-23H,14-15H2. The van der Waals surface area contributed by atoms with Crippen molar-refractivity contribution >= 4 is 42.3 Å². The van der Waals surface area contributed by atoms with Gasteiger partial charge in [0, 0.05) is 28.6 Å². The molecule has 3 aromatic carbocycles. The number of hydrogen-bond acceptors (Lipinski definition) is 3. The number of thiol groups is 2. The van der Waals surface area contributed by atoms with Crippen LogP contribution in [0.2, 0.25) is 0 Å². The molecule has 0 aliphatic heterocycles. The first-order valence-electron chi connectivity index (χ1n) is 7.56. The molecule has 0 fully saturated rings. The number of anilines is 3. The van der Waals surface area contributed by atoms with Crippen LogP contribution in [0.15, 0.2) is 78.9 Å². The van der Waals surface area contributed by atoms with Crippen LogP contribution in [0, 0.1) is 0 Å². The Morgan fingerprint density at radius 3 is 1.30 bits per heavy atom. The van der Waals surface area contributed by atoms with Gasteiger partial charge in [-0.25, -0.2) is 0 Å². The lowest BCUT2D eigenvalue weighted by Crippen LogP contribution is -2.09. The summed E-state index contributed by atoms with van der Waals surface area (Å²) >= 11 is 8.67. The third kappa shape index (κ3) is 3.74. The van der Waals surface area contributed by atoms with Gasteiger partial charge < -0.3 is 4.90 Å². The Bertz CT molecular complexity index is 689. The van der Waals surface area contributed by atoms with E-state index in [0.29, 0.717) is 0 Å². The summed E-state index contributed by atoms with van der Waals surface area (Å²) in [5, 5.41) is 0. The Balaban J connectivity index is 2.05. The molecule has 116 valence electrons. The van der Waals surface area contributed by atoms with Crippen molar-refractivity contribution in [3.63, 3.8) is 0 Å². The molecule has 0 unspecified atom stereocenters. The first kappa shape index (κ1) is 16.0. The second-order valence-corrected chi connectivity index (χ2v) is 5.95. The molecule has 0 amide bonds. The number of rotatable bonds is 5. The molecule has 0 spiro atoms. The molecule has 3 heteroatoms. The van der Waals surface area contributed by atoms with Crippen molar-refractivity contribution in [3.8, 4) is 0 Å². The highest BCUT2D eigenvalue weighted by molar-refractivity contribution is 7.79. The van der Waals surface area contributed by atoms with Gasteiger partial charge in [0.1, 0.15) is 0 Å². The predicted molar refractivity (Wildman–Crippen MR) is 107 cm³/mol. The molecule has 0 aliphatic rings. The molecule has 3 rings (SSSR count). The first-order chi connectivity index (χ1) is 11.3. The minimum atomic E-state index is 0.752. The Morgan fingerprint density at radius 2 is 0.913 bits per heavy atom. The molecule has 0 heterocycles. The summed E-state index contributed by atoms with van der Waals surface area (Å²) in [6, 6.07) is 27.5. The van der Waals surface area contributed by atoms with E-state index >= 15 is 0 Å². The molecule has 23 heavy (non-hydrogen) atoms. The number of hydrogen-bond donors (Lipinski definition) is 2. The molecule has 1 nitrogen and oxygen atoms in total. The fourth-order valence-electron chi connectivity index (χ4n) is 2.53. The summed E-state index contributed by atoms with van der Waals surface area (Å²) in [7, 11) is 0. The maximum Gasteiger partial charge on any atom is 0.0461 e. The first-order valence-corrected chi connectivity index (χ1v) is 8.83. The van der Waals surface area contributed by atoms with Gasteiger partial charge in [-0.15, -0.1) is 0 Å². The van der Waals surface area contributed by atoms with E-state index in [9.17, 15) is 0 Å². The molecule has 3 aromatic rings. The number of para-hydroxylation sites is 1. The van der Waals surface area contributed by atoms with Crippen molar-refractivity contribution in [2.24, 2.45) is 0 Å². The molecule has 0 atom stereocenters. The fraction of sp³-hybridized carbons (Fsp3) is 0.100. The minimum absolute atomic E-state index is 0.752. The summed E-state index contributed by atoms with van der Waals surface area (Å²) in [5.74, 6) is 1.50. The van der Waals surface area contributed by atoms with Crippen LogP contribution >= 0.6 is 25.3 Å². The van der Waals surface area contributed by atoms with Gasteiger partial charge in [0.25, 0.3) is 0 Å². The molecular formula is C20H19NS2. The minimum Gasteiger partial charge on any atom is -0.311 e. The number of nitrogens with zero attached hydrogens (tertiary/aromatic N) is 1. The van der Waals surface area contributed by atoms with E-state index in [1.54, 1.807) is 0 Å². The molecule has 0 saturated carbocycles. The highest BCUT2D eigenvalue weighted by Crippen LogP contribution is 2.34. The van der Waals surface area contributed by atoms with Crippen LogP contribution in [0.25, 0.3) is 0 Å². The van der Waals surface area contributed by atoms with Crippen LogP contribution in [0.5, 0.6) is 0 Å². The van der Waals surface area contributed by atoms with Crippen molar-refractivity contribution in [2.45, 2.75) is 11.5 Å². The second kappa shape index (κ2) is 7.62. The average molecular weight is 338 g/mol. The topological polar surface area (TPSA) is 3.24 Å². The van der Waals surface area contributed by atoms with Crippen molar-refractivity contribution in [3.05, 3.63) is 90.0 Å². The fourth-order valence-corrected chi connectivity index (χ4v) is 2.95. The molecule has 0 aliphatic carbocycles. The largest absolute Gasteiger partial charge is 0.311 e. The van der Waals surface area contributed by atoms with Crippen molar-refractivity contribution < 1.29 is 0 Å². The molecular weight excluding hydrogens is 318 g/mol. The third-order valence-electron chi connectivity index (χ3n) is 3.77. The summed E-state index contributed by atoms with van der Waals surface area (Å²) in [4.78, 5) is 2.25. The van der Waals surface area contributed by atoms with Crippen LogP contribution in [0.1, 0.15) is 11.1 Å². The lowest BCUT2D eigenvalue weighted by Gasteiger charge is -2.25. The SMILES string of the molecule is SCc1ccc(N(c2ccccc2)c2ccc(CS)cc2)cc1. The Hall–Kier alpha value is -1.84. The van der Waals surface area contributed by atoms with E-state index in [1.807, 2.05) is 6.07 Å². The Morgan fingerprint density at radius 1 is 0.522 bits per heavy atom. The Labute approximate surface area is 148 Å². The van der Waals surface area contributed by atoms with E-state index in [-0.39, 0.29) is 0 Å². The van der Waals surface area contributed by atoms with E-state index < -0.39 is 0 Å². The van der Waals surface area contributed by atoms with Crippen LogP contribution in [-0.4, -0.2) is 0 Å². The van der Waals surface area contributed by atoms with Gasteiger partial charge in [-0.2, -0.15) is 25.3 Å². The second-order valence-electron chi connectivity index (χ2n) is 5.32. The molecule has 0 saturated heterocycles. The zero-order valence-electron chi connectivity index (χ0n) is 12.8. The highest BCUT2D eigenvalue weighted by Gasteiger charge is 2.11. The molecule has 0 bridgehead atoms. The maximum absolute atomic E-state index is 4.34. The summed E-state index contributed by atoms with van der Waals surface area (Å²) in [6.45, 7) is 0. The van der Waals surface area contributed by atoms with Crippen LogP contribution < -0.4 is 4.90 Å². The zero-order valence-corrected chi connectivity index (χ0v) is 14.6. The summed E-state index contributed by atoms with van der Waals surface area (Å²) in [6.07, 6.45) is 0. The van der Waals surface area contributed by atoms with Gasteiger partial charge in [-0.1, -0.05) is 42.5 Å². The van der Waals surface area contributed by atoms with Gasteiger partial charge in [0.05, 0.1) is 0 Å². The average Bonchev–Trinajstić information content (AvgIpc) is 2.64. The summed E-state index contributed by atoms with van der Waals surface area (Å²) < 4.78 is 0. The smallest absolute Gasteiger partial charge is 0.0461 e. The third-order valence-corrected chi connectivity index (χ3v) is 4.50. The lowest BCUT2D eigenvalue weighted by atomic mass is 10.1. The molecule has 0 radical (unpaired) electrons. The van der Waals surface area contributed by atoms with Crippen LogP contribution in [0.3, 0.4) is 0 Å². The lowest BCUT2D eigenvalue weighted by molar-refractivity contribution is 1.26. The van der Waals surface area contributed by atoms with Gasteiger partial charge >= 0.3 is 0 Å². The molecule has 0 N–H and O–H groups in total. The van der Waals surface area contributed by atoms with Crippen LogP contribution in [-0.2, 0) is 11.5 Å². The van der Waals surface area contributed by atoms with Gasteiger partial charge in [-0.3, -0.25) is 0 Å². The van der Waals surface area contributed by atoms with Crippen molar-refractivity contribution in [1.82, 2.24) is 0 Å².